The maximum absolute atomic E-state index is 14.4. The van der Waals surface area contributed by atoms with Crippen LogP contribution in [0, 0.1) is 11.6 Å². The third kappa shape index (κ3) is 2.31. The molecular formula is C19H18F2N2O. The predicted octanol–water partition coefficient (Wildman–Crippen LogP) is 3.45. The van der Waals surface area contributed by atoms with E-state index in [9.17, 15) is 13.6 Å². The van der Waals surface area contributed by atoms with E-state index in [4.69, 9.17) is 0 Å². The SMILES string of the molecule is O=C1Nc2ccc(F)c(F)c2C12CCN(Cc1ccccc1)CC2. The van der Waals surface area contributed by atoms with E-state index in [2.05, 4.69) is 22.3 Å². The van der Waals surface area contributed by atoms with E-state index in [1.165, 1.54) is 11.6 Å². The van der Waals surface area contributed by atoms with E-state index in [1.54, 1.807) is 0 Å². The average Bonchev–Trinajstić information content (AvgIpc) is 2.87. The third-order valence-corrected chi connectivity index (χ3v) is 5.21. The summed E-state index contributed by atoms with van der Waals surface area (Å²) in [6.07, 6.45) is 0.998. The summed E-state index contributed by atoms with van der Waals surface area (Å²) >= 11 is 0. The fraction of sp³-hybridized carbons (Fsp3) is 0.316. The van der Waals surface area contributed by atoms with Crippen molar-refractivity contribution in [1.82, 2.24) is 4.90 Å². The maximum atomic E-state index is 14.4. The van der Waals surface area contributed by atoms with Gasteiger partial charge < -0.3 is 5.32 Å². The van der Waals surface area contributed by atoms with Crippen LogP contribution in [0.3, 0.4) is 0 Å². The van der Waals surface area contributed by atoms with Crippen molar-refractivity contribution in [3.05, 3.63) is 65.2 Å². The van der Waals surface area contributed by atoms with Gasteiger partial charge in [0, 0.05) is 17.8 Å². The van der Waals surface area contributed by atoms with Gasteiger partial charge in [0.05, 0.1) is 5.41 Å². The molecule has 1 amide bonds. The van der Waals surface area contributed by atoms with E-state index >= 15 is 0 Å². The Morgan fingerprint density at radius 2 is 1.75 bits per heavy atom. The number of piperidine rings is 1. The van der Waals surface area contributed by atoms with Crippen LogP contribution in [0.1, 0.15) is 24.0 Å². The van der Waals surface area contributed by atoms with Crippen LogP contribution in [-0.2, 0) is 16.8 Å². The molecule has 2 aliphatic rings. The number of anilines is 1. The second kappa shape index (κ2) is 5.67. The lowest BCUT2D eigenvalue weighted by Crippen LogP contribution is -2.46. The van der Waals surface area contributed by atoms with Gasteiger partial charge in [-0.1, -0.05) is 30.3 Å². The molecular weight excluding hydrogens is 310 g/mol. The summed E-state index contributed by atoms with van der Waals surface area (Å²) < 4.78 is 28.0. The molecule has 0 saturated carbocycles. The molecule has 1 spiro atoms. The van der Waals surface area contributed by atoms with Crippen molar-refractivity contribution in [1.29, 1.82) is 0 Å². The number of likely N-dealkylation sites (tertiary alicyclic amines) is 1. The highest BCUT2D eigenvalue weighted by Gasteiger charge is 2.50. The Morgan fingerprint density at radius 3 is 2.46 bits per heavy atom. The third-order valence-electron chi connectivity index (χ3n) is 5.21. The average molecular weight is 328 g/mol. The smallest absolute Gasteiger partial charge is 0.235 e. The number of hydrogen-bond acceptors (Lipinski definition) is 2. The van der Waals surface area contributed by atoms with Crippen molar-refractivity contribution < 1.29 is 13.6 Å². The van der Waals surface area contributed by atoms with E-state index < -0.39 is 17.0 Å². The number of halogens is 2. The van der Waals surface area contributed by atoms with Crippen LogP contribution in [0.15, 0.2) is 42.5 Å². The van der Waals surface area contributed by atoms with Crippen LogP contribution in [-0.4, -0.2) is 23.9 Å². The van der Waals surface area contributed by atoms with Crippen LogP contribution >= 0.6 is 0 Å². The number of hydrogen-bond donors (Lipinski definition) is 1. The molecule has 3 nitrogen and oxygen atoms in total. The summed E-state index contributed by atoms with van der Waals surface area (Å²) in [5.74, 6) is -1.99. The standard InChI is InChI=1S/C19H18F2N2O/c20-14-6-7-15-16(17(14)21)19(18(24)22-15)8-10-23(11-9-19)12-13-4-2-1-3-5-13/h1-7H,8-12H2,(H,22,24). The minimum atomic E-state index is -0.936. The zero-order chi connectivity index (χ0) is 16.7. The van der Waals surface area contributed by atoms with Crippen LogP contribution in [0.4, 0.5) is 14.5 Å². The first-order valence-corrected chi connectivity index (χ1v) is 8.16. The van der Waals surface area contributed by atoms with Gasteiger partial charge >= 0.3 is 0 Å². The Bertz CT molecular complexity index is 783. The molecule has 1 fully saturated rings. The van der Waals surface area contributed by atoms with Gasteiger partial charge in [0.25, 0.3) is 0 Å². The number of carbonyl (C=O) groups excluding carboxylic acids is 1. The highest BCUT2D eigenvalue weighted by atomic mass is 19.2. The quantitative estimate of drug-likeness (QED) is 0.916. The van der Waals surface area contributed by atoms with Gasteiger partial charge in [0.1, 0.15) is 0 Å². The fourth-order valence-corrected chi connectivity index (χ4v) is 3.89. The molecule has 24 heavy (non-hydrogen) atoms. The van der Waals surface area contributed by atoms with Crippen molar-refractivity contribution in [3.63, 3.8) is 0 Å². The number of benzene rings is 2. The summed E-state index contributed by atoms with van der Waals surface area (Å²) in [4.78, 5) is 14.8. The zero-order valence-corrected chi connectivity index (χ0v) is 13.2. The Hall–Kier alpha value is -2.27. The number of nitrogens with zero attached hydrogens (tertiary/aromatic N) is 1. The number of carbonyl (C=O) groups is 1. The van der Waals surface area contributed by atoms with Crippen LogP contribution in [0.2, 0.25) is 0 Å². The molecule has 0 aromatic heterocycles. The molecule has 0 aliphatic carbocycles. The summed E-state index contributed by atoms with van der Waals surface area (Å²) in [5, 5.41) is 2.73. The molecule has 1 saturated heterocycles. The van der Waals surface area contributed by atoms with Crippen LogP contribution in [0.5, 0.6) is 0 Å². The summed E-state index contributed by atoms with van der Waals surface area (Å²) in [7, 11) is 0. The van der Waals surface area contributed by atoms with Gasteiger partial charge in [-0.05, 0) is 43.6 Å². The van der Waals surface area contributed by atoms with Gasteiger partial charge in [0.2, 0.25) is 5.91 Å². The second-order valence-corrected chi connectivity index (χ2v) is 6.58. The number of rotatable bonds is 2. The number of amides is 1. The summed E-state index contributed by atoms with van der Waals surface area (Å²) in [6.45, 7) is 2.16. The molecule has 4 rings (SSSR count). The van der Waals surface area contributed by atoms with Gasteiger partial charge in [-0.15, -0.1) is 0 Å². The topological polar surface area (TPSA) is 32.3 Å². The van der Waals surface area contributed by atoms with Crippen molar-refractivity contribution in [3.8, 4) is 0 Å². The monoisotopic (exact) mass is 328 g/mol. The highest BCUT2D eigenvalue weighted by molar-refractivity contribution is 6.06. The maximum Gasteiger partial charge on any atom is 0.235 e. The lowest BCUT2D eigenvalue weighted by atomic mass is 9.73. The molecule has 2 aliphatic heterocycles. The molecule has 0 bridgehead atoms. The van der Waals surface area contributed by atoms with Gasteiger partial charge in [-0.3, -0.25) is 9.69 Å². The molecule has 5 heteroatoms. The lowest BCUT2D eigenvalue weighted by molar-refractivity contribution is -0.122. The summed E-state index contributed by atoms with van der Waals surface area (Å²) in [5.41, 5.74) is 0.901. The van der Waals surface area contributed by atoms with Crippen molar-refractivity contribution in [2.75, 3.05) is 18.4 Å². The zero-order valence-electron chi connectivity index (χ0n) is 13.2. The molecule has 2 aromatic rings. The number of nitrogens with one attached hydrogen (secondary N) is 1. The first-order valence-electron chi connectivity index (χ1n) is 8.16. The normalized spacial score (nSPS) is 19.3. The van der Waals surface area contributed by atoms with Crippen LogP contribution < -0.4 is 5.32 Å². The molecule has 124 valence electrons. The van der Waals surface area contributed by atoms with E-state index in [1.807, 2.05) is 18.2 Å². The Balaban J connectivity index is 1.57. The first kappa shape index (κ1) is 15.3. The predicted molar refractivity (Wildman–Crippen MR) is 87.6 cm³/mol. The Labute approximate surface area is 139 Å². The minimum absolute atomic E-state index is 0.207. The first-order chi connectivity index (χ1) is 11.6. The molecule has 0 radical (unpaired) electrons. The molecule has 2 aromatic carbocycles. The largest absolute Gasteiger partial charge is 0.325 e. The minimum Gasteiger partial charge on any atom is -0.325 e. The lowest BCUT2D eigenvalue weighted by Gasteiger charge is -2.38. The van der Waals surface area contributed by atoms with E-state index in [0.717, 1.165) is 12.6 Å². The second-order valence-electron chi connectivity index (χ2n) is 6.58. The van der Waals surface area contributed by atoms with E-state index in [-0.39, 0.29) is 11.5 Å². The molecule has 0 atom stereocenters. The van der Waals surface area contributed by atoms with E-state index in [0.29, 0.717) is 31.6 Å². The summed E-state index contributed by atoms with van der Waals surface area (Å²) in [6, 6.07) is 12.6. The van der Waals surface area contributed by atoms with Gasteiger partial charge in [0.15, 0.2) is 11.6 Å². The van der Waals surface area contributed by atoms with Gasteiger partial charge in [-0.2, -0.15) is 0 Å². The van der Waals surface area contributed by atoms with Crippen molar-refractivity contribution in [2.45, 2.75) is 24.8 Å². The highest BCUT2D eigenvalue weighted by Crippen LogP contribution is 2.46. The van der Waals surface area contributed by atoms with Gasteiger partial charge in [-0.25, -0.2) is 8.78 Å². The van der Waals surface area contributed by atoms with Crippen LogP contribution in [0.25, 0.3) is 0 Å². The Morgan fingerprint density at radius 1 is 1.04 bits per heavy atom. The van der Waals surface area contributed by atoms with Crippen molar-refractivity contribution >= 4 is 11.6 Å². The number of fused-ring (bicyclic) bond motifs is 2. The fourth-order valence-electron chi connectivity index (χ4n) is 3.89. The van der Waals surface area contributed by atoms with Crippen molar-refractivity contribution in [2.24, 2.45) is 0 Å². The Kier molecular flexibility index (Phi) is 3.61. The molecule has 2 heterocycles. The molecule has 1 N–H and O–H groups in total. The molecule has 0 unspecified atom stereocenters.